The number of aromatic nitrogens is 2. The zero-order valence-corrected chi connectivity index (χ0v) is 13.7. The van der Waals surface area contributed by atoms with Crippen molar-refractivity contribution in [3.63, 3.8) is 0 Å². The third-order valence-corrected chi connectivity index (χ3v) is 3.90. The molecule has 0 aliphatic heterocycles. The molecule has 0 aliphatic rings. The van der Waals surface area contributed by atoms with Gasteiger partial charge in [0, 0.05) is 17.3 Å². The predicted molar refractivity (Wildman–Crippen MR) is 96.2 cm³/mol. The monoisotopic (exact) mass is 320 g/mol. The molecule has 0 amide bonds. The average Bonchev–Trinajstić information content (AvgIpc) is 2.92. The van der Waals surface area contributed by atoms with Crippen molar-refractivity contribution < 1.29 is 4.74 Å². The van der Waals surface area contributed by atoms with E-state index < -0.39 is 0 Å². The third kappa shape index (κ3) is 3.66. The number of rotatable bonds is 6. The second kappa shape index (κ2) is 7.04. The van der Waals surface area contributed by atoms with E-state index in [2.05, 4.69) is 11.7 Å². The van der Waals surface area contributed by atoms with E-state index in [4.69, 9.17) is 4.74 Å². The van der Waals surface area contributed by atoms with Gasteiger partial charge < -0.3 is 4.74 Å². The van der Waals surface area contributed by atoms with E-state index in [1.807, 2.05) is 60.1 Å². The van der Waals surface area contributed by atoms with Gasteiger partial charge in [0.05, 0.1) is 6.54 Å². The Labute approximate surface area is 141 Å². The zero-order valence-electron chi connectivity index (χ0n) is 13.7. The fourth-order valence-corrected chi connectivity index (χ4v) is 2.58. The van der Waals surface area contributed by atoms with E-state index in [0.717, 1.165) is 28.1 Å². The van der Waals surface area contributed by atoms with E-state index >= 15 is 0 Å². The van der Waals surface area contributed by atoms with Gasteiger partial charge in [-0.15, -0.1) is 0 Å². The molecule has 0 radical (unpaired) electrons. The maximum atomic E-state index is 11.5. The first-order valence-corrected chi connectivity index (χ1v) is 7.84. The quantitative estimate of drug-likeness (QED) is 0.752. The van der Waals surface area contributed by atoms with E-state index in [9.17, 15) is 4.79 Å². The summed E-state index contributed by atoms with van der Waals surface area (Å²) in [6.07, 6.45) is 1.80. The van der Waals surface area contributed by atoms with Crippen molar-refractivity contribution in [3.05, 3.63) is 93.9 Å². The van der Waals surface area contributed by atoms with Gasteiger partial charge >= 0.3 is 0 Å². The van der Waals surface area contributed by atoms with Crippen LogP contribution in [0.4, 0.5) is 0 Å². The minimum absolute atomic E-state index is 0.0980. The summed E-state index contributed by atoms with van der Waals surface area (Å²) in [5.41, 5.74) is 3.92. The molecule has 0 bridgehead atoms. The number of aryl methyl sites for hydroxylation is 1. The van der Waals surface area contributed by atoms with Crippen LogP contribution in [0.1, 0.15) is 22.4 Å². The number of H-pyrrole nitrogens is 1. The molecule has 0 fully saturated rings. The van der Waals surface area contributed by atoms with Crippen molar-refractivity contribution in [1.29, 1.82) is 0 Å². The Hall–Kier alpha value is -3.01. The van der Waals surface area contributed by atoms with Crippen LogP contribution in [0.15, 0.2) is 66.0 Å². The minimum Gasteiger partial charge on any atom is -0.489 e. The van der Waals surface area contributed by atoms with Crippen LogP contribution in [-0.4, -0.2) is 9.78 Å². The lowest BCUT2D eigenvalue weighted by Crippen LogP contribution is -2.09. The number of benzene rings is 2. The van der Waals surface area contributed by atoms with Crippen LogP contribution < -0.4 is 10.3 Å². The molecule has 0 saturated heterocycles. The summed E-state index contributed by atoms with van der Waals surface area (Å²) < 4.78 is 7.82. The molecule has 0 spiro atoms. The highest BCUT2D eigenvalue weighted by atomic mass is 16.5. The molecule has 2 aromatic carbocycles. The highest BCUT2D eigenvalue weighted by molar-refractivity contribution is 5.51. The zero-order chi connectivity index (χ0) is 16.9. The maximum absolute atomic E-state index is 11.5. The molecule has 0 saturated carbocycles. The second-order valence-corrected chi connectivity index (χ2v) is 5.69. The smallest absolute Gasteiger partial charge is 0.264 e. The van der Waals surface area contributed by atoms with E-state index in [0.29, 0.717) is 13.2 Å². The van der Waals surface area contributed by atoms with Crippen LogP contribution in [-0.2, 0) is 13.2 Å². The topological polar surface area (TPSA) is 47.0 Å². The van der Waals surface area contributed by atoms with E-state index in [1.54, 1.807) is 12.1 Å². The Bertz CT molecular complexity index is 892. The molecule has 0 atom stereocenters. The Morgan fingerprint density at radius 3 is 2.62 bits per heavy atom. The Morgan fingerprint density at radius 1 is 1.17 bits per heavy atom. The van der Waals surface area contributed by atoms with Crippen LogP contribution in [0.25, 0.3) is 6.08 Å². The molecule has 24 heavy (non-hydrogen) atoms. The summed E-state index contributed by atoms with van der Waals surface area (Å²) in [6.45, 7) is 6.77. The van der Waals surface area contributed by atoms with Crippen molar-refractivity contribution in [1.82, 2.24) is 9.78 Å². The largest absolute Gasteiger partial charge is 0.489 e. The Kier molecular flexibility index (Phi) is 4.66. The van der Waals surface area contributed by atoms with Crippen molar-refractivity contribution >= 4 is 6.08 Å². The van der Waals surface area contributed by atoms with Gasteiger partial charge in [-0.3, -0.25) is 14.6 Å². The average molecular weight is 320 g/mol. The van der Waals surface area contributed by atoms with Crippen molar-refractivity contribution in [2.24, 2.45) is 0 Å². The molecule has 3 aromatic rings. The molecule has 1 heterocycles. The highest BCUT2D eigenvalue weighted by Gasteiger charge is 2.08. The molecular weight excluding hydrogens is 300 g/mol. The summed E-state index contributed by atoms with van der Waals surface area (Å²) in [6, 6.07) is 17.6. The summed E-state index contributed by atoms with van der Waals surface area (Å²) in [4.78, 5) is 11.5. The van der Waals surface area contributed by atoms with E-state index in [1.165, 1.54) is 0 Å². The van der Waals surface area contributed by atoms with Crippen molar-refractivity contribution in [2.45, 2.75) is 20.1 Å². The van der Waals surface area contributed by atoms with Crippen LogP contribution in [0.5, 0.6) is 5.75 Å². The first kappa shape index (κ1) is 15.9. The Morgan fingerprint density at radius 2 is 1.96 bits per heavy atom. The molecule has 0 aliphatic carbocycles. The highest BCUT2D eigenvalue weighted by Crippen LogP contribution is 2.23. The maximum Gasteiger partial charge on any atom is 0.264 e. The molecule has 1 aromatic heterocycles. The lowest BCUT2D eigenvalue weighted by molar-refractivity contribution is 0.302. The second-order valence-electron chi connectivity index (χ2n) is 5.69. The van der Waals surface area contributed by atoms with Crippen molar-refractivity contribution in [2.75, 3.05) is 0 Å². The molecule has 4 nitrogen and oxygen atoms in total. The number of nitrogens with zero attached hydrogens (tertiary/aromatic N) is 1. The van der Waals surface area contributed by atoms with Gasteiger partial charge in [-0.05, 0) is 30.2 Å². The number of hydrogen-bond donors (Lipinski definition) is 1. The molecule has 1 N–H and O–H groups in total. The lowest BCUT2D eigenvalue weighted by Gasteiger charge is -2.14. The number of aromatic amines is 1. The van der Waals surface area contributed by atoms with Gasteiger partial charge in [-0.1, -0.05) is 49.1 Å². The van der Waals surface area contributed by atoms with Crippen LogP contribution >= 0.6 is 0 Å². The predicted octanol–water partition coefficient (Wildman–Crippen LogP) is 3.76. The molecular formula is C20H20N2O2. The third-order valence-electron chi connectivity index (χ3n) is 3.90. The number of hydrogen-bond acceptors (Lipinski definition) is 2. The first-order chi connectivity index (χ1) is 11.7. The Balaban J connectivity index is 1.86. The van der Waals surface area contributed by atoms with Gasteiger partial charge in [-0.2, -0.15) is 0 Å². The number of nitrogens with one attached hydrogen (secondary N) is 1. The fourth-order valence-electron chi connectivity index (χ4n) is 2.58. The standard InChI is InChI=1S/C20H20N2O2/c1-3-16-9-10-19(24-14-17-7-5-4-6-8-17)18(12-16)13-22-15(2)11-20(23)21-22/h3-12H,1,13-14H2,2H3,(H,21,23). The number of ether oxygens (including phenoxy) is 1. The van der Waals surface area contributed by atoms with Gasteiger partial charge in [0.1, 0.15) is 12.4 Å². The van der Waals surface area contributed by atoms with Crippen molar-refractivity contribution in [3.8, 4) is 5.75 Å². The summed E-state index contributed by atoms with van der Waals surface area (Å²) in [5.74, 6) is 0.804. The molecule has 3 rings (SSSR count). The van der Waals surface area contributed by atoms with Gasteiger partial charge in [0.15, 0.2) is 0 Å². The van der Waals surface area contributed by atoms with Gasteiger partial charge in [0.25, 0.3) is 5.56 Å². The lowest BCUT2D eigenvalue weighted by atomic mass is 10.1. The molecule has 122 valence electrons. The van der Waals surface area contributed by atoms with Crippen LogP contribution in [0.2, 0.25) is 0 Å². The minimum atomic E-state index is -0.0980. The summed E-state index contributed by atoms with van der Waals surface area (Å²) in [7, 11) is 0. The van der Waals surface area contributed by atoms with Gasteiger partial charge in [0.2, 0.25) is 0 Å². The van der Waals surface area contributed by atoms with Gasteiger partial charge in [-0.25, -0.2) is 0 Å². The SMILES string of the molecule is C=Cc1ccc(OCc2ccccc2)c(Cn2[nH]c(=O)cc2C)c1. The van der Waals surface area contributed by atoms with E-state index in [-0.39, 0.29) is 5.56 Å². The molecule has 4 heteroatoms. The van der Waals surface area contributed by atoms with Crippen LogP contribution in [0.3, 0.4) is 0 Å². The summed E-state index contributed by atoms with van der Waals surface area (Å²) >= 11 is 0. The van der Waals surface area contributed by atoms with Crippen LogP contribution in [0, 0.1) is 6.92 Å². The normalized spacial score (nSPS) is 10.5. The first-order valence-electron chi connectivity index (χ1n) is 7.84. The molecule has 0 unspecified atom stereocenters. The summed E-state index contributed by atoms with van der Waals surface area (Å²) in [5, 5.41) is 2.81. The fraction of sp³-hybridized carbons (Fsp3) is 0.150.